The second-order valence-electron chi connectivity index (χ2n) is 5.57. The van der Waals surface area contributed by atoms with Gasteiger partial charge in [0.25, 0.3) is 11.5 Å². The third-order valence-electron chi connectivity index (χ3n) is 3.77. The number of nitrogens with one attached hydrogen (secondary N) is 1. The average molecular weight is 329 g/mol. The number of aromatic nitrogens is 1. The van der Waals surface area contributed by atoms with Crippen LogP contribution >= 0.6 is 11.6 Å². The van der Waals surface area contributed by atoms with Crippen LogP contribution < -0.4 is 5.56 Å². The smallest absolute Gasteiger partial charge is 0.266 e. The number of rotatable bonds is 5. The third-order valence-corrected chi connectivity index (χ3v) is 4.05. The van der Waals surface area contributed by atoms with Crippen molar-refractivity contribution in [2.24, 2.45) is 0 Å². The van der Waals surface area contributed by atoms with E-state index in [1.807, 2.05) is 47.4 Å². The number of hydrogen-bond donors (Lipinski definition) is 1. The van der Waals surface area contributed by atoms with Crippen molar-refractivity contribution >= 4 is 23.6 Å². The number of carbonyl (C=O) groups is 1. The Balaban J connectivity index is 1.73. The summed E-state index contributed by atoms with van der Waals surface area (Å²) in [5.74, 6) is -0.108. The van der Waals surface area contributed by atoms with E-state index in [2.05, 4.69) is 4.98 Å². The van der Waals surface area contributed by atoms with Gasteiger partial charge in [0.1, 0.15) is 5.02 Å². The van der Waals surface area contributed by atoms with Crippen LogP contribution in [-0.2, 0) is 0 Å². The van der Waals surface area contributed by atoms with Crippen molar-refractivity contribution in [1.82, 2.24) is 9.88 Å². The van der Waals surface area contributed by atoms with Gasteiger partial charge in [-0.15, -0.1) is 0 Å². The molecule has 1 aromatic carbocycles. The number of pyridine rings is 1. The molecule has 5 heteroatoms. The lowest BCUT2D eigenvalue weighted by Gasteiger charge is -2.20. The maximum Gasteiger partial charge on any atom is 0.266 e. The third kappa shape index (κ3) is 3.90. The van der Waals surface area contributed by atoms with Gasteiger partial charge >= 0.3 is 0 Å². The van der Waals surface area contributed by atoms with Crippen LogP contribution in [-0.4, -0.2) is 28.4 Å². The summed E-state index contributed by atoms with van der Waals surface area (Å²) in [6.45, 7) is 0.537. The summed E-state index contributed by atoms with van der Waals surface area (Å²) in [5, 5.41) is 0.0337. The molecule has 1 heterocycles. The summed E-state index contributed by atoms with van der Waals surface area (Å²) in [5.41, 5.74) is 1.13. The van der Waals surface area contributed by atoms with E-state index < -0.39 is 0 Å². The molecule has 1 aliphatic carbocycles. The number of halogens is 1. The Kier molecular flexibility index (Phi) is 4.63. The molecule has 1 aliphatic rings. The van der Waals surface area contributed by atoms with E-state index >= 15 is 0 Å². The first-order valence-electron chi connectivity index (χ1n) is 7.56. The lowest BCUT2D eigenvalue weighted by molar-refractivity contribution is 0.0762. The molecule has 1 saturated carbocycles. The standard InChI is InChI=1S/C18H17ClN2O2/c19-16-11-14(12-20-17(16)22)18(23)21(15-8-9-15)10-4-7-13-5-2-1-3-6-13/h1-7,11-12,15H,8-10H2,(H,20,22). The number of H-pyrrole nitrogens is 1. The van der Waals surface area contributed by atoms with Gasteiger partial charge in [0, 0.05) is 18.8 Å². The molecule has 0 aliphatic heterocycles. The SMILES string of the molecule is O=C(c1c[nH]c(=O)c(Cl)c1)N(CC=Cc1ccccc1)C1CC1. The highest BCUT2D eigenvalue weighted by molar-refractivity contribution is 6.30. The number of aromatic amines is 1. The zero-order valence-electron chi connectivity index (χ0n) is 12.5. The monoisotopic (exact) mass is 328 g/mol. The molecule has 0 unspecified atom stereocenters. The minimum absolute atomic E-state index is 0.0337. The summed E-state index contributed by atoms with van der Waals surface area (Å²) in [4.78, 5) is 28.3. The predicted molar refractivity (Wildman–Crippen MR) is 91.6 cm³/mol. The van der Waals surface area contributed by atoms with Crippen LogP contribution in [0.2, 0.25) is 5.02 Å². The second kappa shape index (κ2) is 6.84. The van der Waals surface area contributed by atoms with Crippen LogP contribution in [0.4, 0.5) is 0 Å². The average Bonchev–Trinajstić information content (AvgIpc) is 3.39. The van der Waals surface area contributed by atoms with E-state index in [1.165, 1.54) is 12.3 Å². The van der Waals surface area contributed by atoms with Crippen LogP contribution in [0.25, 0.3) is 6.08 Å². The molecular weight excluding hydrogens is 312 g/mol. The van der Waals surface area contributed by atoms with Crippen molar-refractivity contribution in [3.05, 3.63) is 75.2 Å². The van der Waals surface area contributed by atoms with E-state index in [0.717, 1.165) is 18.4 Å². The molecule has 0 atom stereocenters. The van der Waals surface area contributed by atoms with E-state index in [1.54, 1.807) is 0 Å². The van der Waals surface area contributed by atoms with Crippen LogP contribution in [0, 0.1) is 0 Å². The van der Waals surface area contributed by atoms with Crippen molar-refractivity contribution < 1.29 is 4.79 Å². The Bertz CT molecular complexity index is 779. The summed E-state index contributed by atoms with van der Waals surface area (Å²) in [6.07, 6.45) is 7.44. The Morgan fingerprint density at radius 3 is 2.70 bits per heavy atom. The van der Waals surface area contributed by atoms with Crippen LogP contribution in [0.5, 0.6) is 0 Å². The highest BCUT2D eigenvalue weighted by Gasteiger charge is 2.32. The molecule has 118 valence electrons. The number of amides is 1. The van der Waals surface area contributed by atoms with Crippen LogP contribution in [0.15, 0.2) is 53.5 Å². The molecule has 0 radical (unpaired) electrons. The molecule has 4 nitrogen and oxygen atoms in total. The number of hydrogen-bond acceptors (Lipinski definition) is 2. The Labute approximate surface area is 139 Å². The largest absolute Gasteiger partial charge is 0.332 e. The molecule has 23 heavy (non-hydrogen) atoms. The summed E-state index contributed by atoms with van der Waals surface area (Å²) < 4.78 is 0. The molecule has 0 saturated heterocycles. The van der Waals surface area contributed by atoms with Crippen molar-refractivity contribution in [2.75, 3.05) is 6.54 Å². The highest BCUT2D eigenvalue weighted by Crippen LogP contribution is 2.28. The minimum Gasteiger partial charge on any atom is -0.332 e. The van der Waals surface area contributed by atoms with Crippen molar-refractivity contribution in [2.45, 2.75) is 18.9 Å². The zero-order valence-corrected chi connectivity index (χ0v) is 13.3. The maximum atomic E-state index is 12.6. The molecule has 0 bridgehead atoms. The molecule has 3 rings (SSSR count). The fourth-order valence-corrected chi connectivity index (χ4v) is 2.57. The number of carbonyl (C=O) groups excluding carboxylic acids is 1. The second-order valence-corrected chi connectivity index (χ2v) is 5.97. The van der Waals surface area contributed by atoms with Crippen molar-refractivity contribution in [3.8, 4) is 0 Å². The van der Waals surface area contributed by atoms with Crippen LogP contribution in [0.3, 0.4) is 0 Å². The molecule has 0 spiro atoms. The van der Waals surface area contributed by atoms with Gasteiger partial charge in [-0.2, -0.15) is 0 Å². The summed E-state index contributed by atoms with van der Waals surface area (Å²) in [6, 6.07) is 11.7. The Morgan fingerprint density at radius 2 is 2.04 bits per heavy atom. The minimum atomic E-state index is -0.384. The molecule has 1 N–H and O–H groups in total. The first-order valence-corrected chi connectivity index (χ1v) is 7.94. The van der Waals surface area contributed by atoms with Gasteiger partial charge in [-0.05, 0) is 24.5 Å². The fourth-order valence-electron chi connectivity index (χ4n) is 2.40. The van der Waals surface area contributed by atoms with Gasteiger partial charge in [0.15, 0.2) is 0 Å². The molecule has 1 aromatic heterocycles. The van der Waals surface area contributed by atoms with Crippen LogP contribution in [0.1, 0.15) is 28.8 Å². The van der Waals surface area contributed by atoms with Gasteiger partial charge in [-0.1, -0.05) is 54.1 Å². The van der Waals surface area contributed by atoms with Crippen molar-refractivity contribution in [1.29, 1.82) is 0 Å². The Hall–Kier alpha value is -2.33. The van der Waals surface area contributed by atoms with Gasteiger partial charge in [-0.25, -0.2) is 0 Å². The van der Waals surface area contributed by atoms with E-state index in [-0.39, 0.29) is 22.5 Å². The first kappa shape index (κ1) is 15.6. The molecule has 1 amide bonds. The van der Waals surface area contributed by atoms with Gasteiger partial charge in [0.05, 0.1) is 5.56 Å². The number of nitrogens with zero attached hydrogens (tertiary/aromatic N) is 1. The first-order chi connectivity index (χ1) is 11.1. The number of benzene rings is 1. The fraction of sp³-hybridized carbons (Fsp3) is 0.222. The van der Waals surface area contributed by atoms with E-state index in [4.69, 9.17) is 11.6 Å². The summed E-state index contributed by atoms with van der Waals surface area (Å²) in [7, 11) is 0. The van der Waals surface area contributed by atoms with Crippen molar-refractivity contribution in [3.63, 3.8) is 0 Å². The zero-order chi connectivity index (χ0) is 16.2. The highest BCUT2D eigenvalue weighted by atomic mass is 35.5. The van der Waals surface area contributed by atoms with Gasteiger partial charge in [-0.3, -0.25) is 9.59 Å². The molecule has 2 aromatic rings. The topological polar surface area (TPSA) is 53.2 Å². The van der Waals surface area contributed by atoms with Gasteiger partial charge in [0.2, 0.25) is 0 Å². The normalized spacial score (nSPS) is 14.1. The Morgan fingerprint density at radius 1 is 1.30 bits per heavy atom. The maximum absolute atomic E-state index is 12.6. The molecular formula is C18H17ClN2O2. The quantitative estimate of drug-likeness (QED) is 0.915. The molecule has 1 fully saturated rings. The predicted octanol–water partition coefficient (Wildman–Crippen LogP) is 3.35. The lowest BCUT2D eigenvalue weighted by atomic mass is 10.2. The summed E-state index contributed by atoms with van der Waals surface area (Å²) >= 11 is 5.81. The van der Waals surface area contributed by atoms with Gasteiger partial charge < -0.3 is 9.88 Å². The van der Waals surface area contributed by atoms with E-state index in [9.17, 15) is 9.59 Å². The van der Waals surface area contributed by atoms with E-state index in [0.29, 0.717) is 12.1 Å². The lowest BCUT2D eigenvalue weighted by Crippen LogP contribution is -2.33.